The Balaban J connectivity index is 1.78. The van der Waals surface area contributed by atoms with E-state index in [1.54, 1.807) is 22.8 Å². The van der Waals surface area contributed by atoms with Gasteiger partial charge in [0.25, 0.3) is 0 Å². The van der Waals surface area contributed by atoms with Crippen molar-refractivity contribution in [2.45, 2.75) is 11.0 Å². The van der Waals surface area contributed by atoms with Crippen molar-refractivity contribution in [3.8, 4) is 11.4 Å². The Morgan fingerprint density at radius 1 is 1.33 bits per heavy atom. The Morgan fingerprint density at radius 2 is 2.12 bits per heavy atom. The molecule has 0 bridgehead atoms. The van der Waals surface area contributed by atoms with E-state index in [9.17, 15) is 10.1 Å². The molecule has 2 heterocycles. The first kappa shape index (κ1) is 16.7. The first-order valence-corrected chi connectivity index (χ1v) is 8.34. The molecule has 3 aromatic rings. The van der Waals surface area contributed by atoms with Gasteiger partial charge in [0.15, 0.2) is 11.0 Å². The molecule has 1 aromatic carbocycles. The van der Waals surface area contributed by atoms with Gasteiger partial charge in [0.2, 0.25) is 0 Å². The van der Waals surface area contributed by atoms with E-state index < -0.39 is 4.92 Å². The maximum atomic E-state index is 10.7. The molecule has 0 fully saturated rings. The summed E-state index contributed by atoms with van der Waals surface area (Å²) in [6.45, 7) is 0. The third kappa shape index (κ3) is 3.37. The molecule has 0 saturated heterocycles. The number of hydrogen-bond donors (Lipinski definition) is 0. The summed E-state index contributed by atoms with van der Waals surface area (Å²) >= 11 is 13.5. The quantitative estimate of drug-likeness (QED) is 0.378. The summed E-state index contributed by atoms with van der Waals surface area (Å²) in [5, 5.41) is 24.5. The maximum absolute atomic E-state index is 10.7. The highest BCUT2D eigenvalue weighted by atomic mass is 35.5. The minimum Gasteiger partial charge on any atom is -0.305 e. The second-order valence-electron chi connectivity index (χ2n) is 4.76. The molecule has 0 radical (unpaired) electrons. The van der Waals surface area contributed by atoms with Crippen molar-refractivity contribution in [3.63, 3.8) is 0 Å². The molecule has 11 heteroatoms. The molecular formula is C13H10Cl2N6O2S. The fraction of sp³-hybridized carbons (Fsp3) is 0.154. The van der Waals surface area contributed by atoms with Gasteiger partial charge in [-0.1, -0.05) is 35.0 Å². The van der Waals surface area contributed by atoms with E-state index >= 15 is 0 Å². The van der Waals surface area contributed by atoms with Crippen LogP contribution in [-0.2, 0) is 12.9 Å². The third-order valence-corrected chi connectivity index (χ3v) is 4.72. The Morgan fingerprint density at radius 3 is 2.79 bits per heavy atom. The molecule has 0 aliphatic rings. The second kappa shape index (κ2) is 6.80. The van der Waals surface area contributed by atoms with Gasteiger partial charge in [-0.3, -0.25) is 14.8 Å². The summed E-state index contributed by atoms with van der Waals surface area (Å²) < 4.78 is 3.25. The minimum atomic E-state index is -0.489. The second-order valence-corrected chi connectivity index (χ2v) is 6.51. The van der Waals surface area contributed by atoms with Crippen molar-refractivity contribution in [1.29, 1.82) is 0 Å². The highest BCUT2D eigenvalue weighted by Crippen LogP contribution is 2.31. The van der Waals surface area contributed by atoms with Crippen molar-refractivity contribution < 1.29 is 4.92 Å². The summed E-state index contributed by atoms with van der Waals surface area (Å²) in [5.41, 5.74) is 0.667. The number of thioether (sulfide) groups is 1. The van der Waals surface area contributed by atoms with E-state index in [0.29, 0.717) is 26.9 Å². The minimum absolute atomic E-state index is 0.0535. The molecular weight excluding hydrogens is 375 g/mol. The molecule has 0 N–H and O–H groups in total. The van der Waals surface area contributed by atoms with Gasteiger partial charge in [-0.2, -0.15) is 5.10 Å². The maximum Gasteiger partial charge on any atom is 0.307 e. The standard InChI is InChI=1S/C13H10Cl2N6O2S/c1-19-12(10-3-2-8(14)4-11(10)15)17-18-13(19)24-7-20-6-9(5-16-20)21(22)23/h2-6H,7H2,1H3. The van der Waals surface area contributed by atoms with Crippen molar-refractivity contribution in [2.24, 2.45) is 7.05 Å². The fourth-order valence-electron chi connectivity index (χ4n) is 1.99. The lowest BCUT2D eigenvalue weighted by Gasteiger charge is -2.06. The van der Waals surface area contributed by atoms with Crippen LogP contribution >= 0.6 is 35.0 Å². The number of benzene rings is 1. The van der Waals surface area contributed by atoms with Gasteiger partial charge < -0.3 is 4.57 Å². The van der Waals surface area contributed by atoms with Crippen LogP contribution in [-0.4, -0.2) is 29.5 Å². The summed E-state index contributed by atoms with van der Waals surface area (Å²) in [5.74, 6) is 0.972. The van der Waals surface area contributed by atoms with Crippen LogP contribution < -0.4 is 0 Å². The van der Waals surface area contributed by atoms with Gasteiger partial charge in [0.1, 0.15) is 12.4 Å². The summed E-state index contributed by atoms with van der Waals surface area (Å²) in [6.07, 6.45) is 2.57. The van der Waals surface area contributed by atoms with Gasteiger partial charge >= 0.3 is 5.69 Å². The van der Waals surface area contributed by atoms with E-state index in [-0.39, 0.29) is 5.69 Å². The molecule has 124 valence electrons. The van der Waals surface area contributed by atoms with Crippen LogP contribution in [0.1, 0.15) is 0 Å². The van der Waals surface area contributed by atoms with Gasteiger partial charge in [-0.15, -0.1) is 10.2 Å². The molecule has 24 heavy (non-hydrogen) atoms. The van der Waals surface area contributed by atoms with Crippen LogP contribution in [0.2, 0.25) is 10.0 Å². The van der Waals surface area contributed by atoms with E-state index in [0.717, 1.165) is 5.56 Å². The van der Waals surface area contributed by atoms with Crippen LogP contribution in [0, 0.1) is 10.1 Å². The summed E-state index contributed by atoms with van der Waals surface area (Å²) in [4.78, 5) is 10.2. The van der Waals surface area contributed by atoms with Gasteiger partial charge in [0.05, 0.1) is 15.8 Å². The number of aromatic nitrogens is 5. The van der Waals surface area contributed by atoms with Crippen LogP contribution in [0.15, 0.2) is 35.7 Å². The SMILES string of the molecule is Cn1c(SCn2cc([N+](=O)[O-])cn2)nnc1-c1ccc(Cl)cc1Cl. The third-order valence-electron chi connectivity index (χ3n) is 3.16. The summed E-state index contributed by atoms with van der Waals surface area (Å²) in [6, 6.07) is 5.15. The largest absolute Gasteiger partial charge is 0.307 e. The van der Waals surface area contributed by atoms with E-state index in [2.05, 4.69) is 15.3 Å². The Hall–Kier alpha value is -2.10. The van der Waals surface area contributed by atoms with Gasteiger partial charge in [-0.05, 0) is 18.2 Å². The fourth-order valence-corrected chi connectivity index (χ4v) is 3.25. The predicted molar refractivity (Wildman–Crippen MR) is 91.2 cm³/mol. The molecule has 0 spiro atoms. The van der Waals surface area contributed by atoms with Crippen molar-refractivity contribution in [1.82, 2.24) is 24.5 Å². The van der Waals surface area contributed by atoms with Crippen LogP contribution in [0.4, 0.5) is 5.69 Å². The molecule has 0 saturated carbocycles. The molecule has 0 atom stereocenters. The Kier molecular flexibility index (Phi) is 4.74. The van der Waals surface area contributed by atoms with Crippen LogP contribution in [0.3, 0.4) is 0 Å². The molecule has 8 nitrogen and oxygen atoms in total. The van der Waals surface area contributed by atoms with Crippen LogP contribution in [0.25, 0.3) is 11.4 Å². The Bertz CT molecular complexity index is 910. The number of nitro groups is 1. The average molecular weight is 385 g/mol. The van der Waals surface area contributed by atoms with E-state index in [1.165, 1.54) is 28.8 Å². The highest BCUT2D eigenvalue weighted by Gasteiger charge is 2.15. The molecule has 3 rings (SSSR count). The number of halogens is 2. The monoisotopic (exact) mass is 384 g/mol. The molecule has 0 amide bonds. The molecule has 0 unspecified atom stereocenters. The zero-order valence-corrected chi connectivity index (χ0v) is 14.6. The average Bonchev–Trinajstić information content (AvgIpc) is 3.13. The lowest BCUT2D eigenvalue weighted by molar-refractivity contribution is -0.385. The van der Waals surface area contributed by atoms with Crippen molar-refractivity contribution >= 4 is 40.7 Å². The smallest absolute Gasteiger partial charge is 0.305 e. The van der Waals surface area contributed by atoms with Gasteiger partial charge in [-0.25, -0.2) is 0 Å². The highest BCUT2D eigenvalue weighted by molar-refractivity contribution is 7.98. The van der Waals surface area contributed by atoms with Gasteiger partial charge in [0, 0.05) is 17.6 Å². The lowest BCUT2D eigenvalue weighted by atomic mass is 10.2. The number of nitrogens with zero attached hydrogens (tertiary/aromatic N) is 6. The van der Waals surface area contributed by atoms with Crippen molar-refractivity contribution in [3.05, 3.63) is 50.8 Å². The zero-order chi connectivity index (χ0) is 17.3. The Labute approximate surface area is 150 Å². The normalized spacial score (nSPS) is 11.0. The molecule has 0 aliphatic carbocycles. The molecule has 0 aliphatic heterocycles. The molecule has 2 aromatic heterocycles. The number of rotatable bonds is 5. The zero-order valence-electron chi connectivity index (χ0n) is 12.3. The van der Waals surface area contributed by atoms with E-state index in [4.69, 9.17) is 23.2 Å². The first-order chi connectivity index (χ1) is 11.5. The first-order valence-electron chi connectivity index (χ1n) is 6.60. The topological polar surface area (TPSA) is 91.7 Å². The predicted octanol–water partition coefficient (Wildman–Crippen LogP) is 3.64. The van der Waals surface area contributed by atoms with Crippen LogP contribution in [0.5, 0.6) is 0 Å². The van der Waals surface area contributed by atoms with Crippen molar-refractivity contribution in [2.75, 3.05) is 0 Å². The lowest BCUT2D eigenvalue weighted by Crippen LogP contribution is -1.99. The summed E-state index contributed by atoms with van der Waals surface area (Å²) in [7, 11) is 1.81. The van der Waals surface area contributed by atoms with E-state index in [1.807, 2.05) is 7.05 Å². The number of hydrogen-bond acceptors (Lipinski definition) is 6.